The highest BCUT2D eigenvalue weighted by Crippen LogP contribution is 2.15. The topological polar surface area (TPSA) is 49.3 Å². The van der Waals surface area contributed by atoms with Crippen LogP contribution in [0.15, 0.2) is 18.2 Å². The molecule has 0 atom stereocenters. The number of halogens is 1. The van der Waals surface area contributed by atoms with E-state index >= 15 is 0 Å². The average Bonchev–Trinajstić information content (AvgIpc) is 2.17. The van der Waals surface area contributed by atoms with E-state index in [2.05, 4.69) is 21.2 Å². The van der Waals surface area contributed by atoms with Crippen molar-refractivity contribution in [3.05, 3.63) is 29.3 Å². The van der Waals surface area contributed by atoms with Gasteiger partial charge in [0, 0.05) is 17.4 Å². The maximum Gasteiger partial charge on any atom is 0.251 e. The van der Waals surface area contributed by atoms with E-state index in [1.165, 1.54) is 6.07 Å². The SMILES string of the molecule is Cc1cc(O)ccc1C(=O)NCCCBr. The molecule has 1 aromatic rings. The Morgan fingerprint density at radius 3 is 2.87 bits per heavy atom. The first-order chi connectivity index (χ1) is 7.15. The minimum Gasteiger partial charge on any atom is -0.508 e. The van der Waals surface area contributed by atoms with E-state index in [1.54, 1.807) is 19.1 Å². The van der Waals surface area contributed by atoms with Gasteiger partial charge < -0.3 is 10.4 Å². The van der Waals surface area contributed by atoms with Crippen molar-refractivity contribution in [3.8, 4) is 5.75 Å². The number of phenols is 1. The molecule has 82 valence electrons. The maximum atomic E-state index is 11.6. The highest BCUT2D eigenvalue weighted by Gasteiger charge is 2.07. The molecular formula is C11H14BrNO2. The monoisotopic (exact) mass is 271 g/mol. The summed E-state index contributed by atoms with van der Waals surface area (Å²) >= 11 is 3.30. The molecule has 0 aliphatic heterocycles. The van der Waals surface area contributed by atoms with Crippen LogP contribution in [0.4, 0.5) is 0 Å². The van der Waals surface area contributed by atoms with E-state index in [4.69, 9.17) is 0 Å². The molecule has 0 spiro atoms. The quantitative estimate of drug-likeness (QED) is 0.652. The van der Waals surface area contributed by atoms with Crippen LogP contribution in [0.5, 0.6) is 5.75 Å². The number of aromatic hydroxyl groups is 1. The molecule has 0 saturated heterocycles. The third-order valence-corrected chi connectivity index (χ3v) is 2.61. The summed E-state index contributed by atoms with van der Waals surface area (Å²) in [4.78, 5) is 11.6. The second kappa shape index (κ2) is 5.75. The highest BCUT2D eigenvalue weighted by atomic mass is 79.9. The van der Waals surface area contributed by atoms with Gasteiger partial charge in [0.25, 0.3) is 5.91 Å². The molecule has 2 N–H and O–H groups in total. The van der Waals surface area contributed by atoms with Crippen molar-refractivity contribution in [3.63, 3.8) is 0 Å². The van der Waals surface area contributed by atoms with Crippen molar-refractivity contribution >= 4 is 21.8 Å². The van der Waals surface area contributed by atoms with E-state index < -0.39 is 0 Å². The number of carbonyl (C=O) groups is 1. The molecular weight excluding hydrogens is 258 g/mol. The first-order valence-corrected chi connectivity index (χ1v) is 5.91. The number of alkyl halides is 1. The van der Waals surface area contributed by atoms with Gasteiger partial charge in [-0.15, -0.1) is 0 Å². The number of nitrogens with one attached hydrogen (secondary N) is 1. The van der Waals surface area contributed by atoms with Crippen molar-refractivity contribution < 1.29 is 9.90 Å². The Labute approximate surface area is 97.6 Å². The third kappa shape index (κ3) is 3.55. The summed E-state index contributed by atoms with van der Waals surface area (Å²) < 4.78 is 0. The minimum absolute atomic E-state index is 0.0894. The van der Waals surface area contributed by atoms with E-state index in [0.717, 1.165) is 17.3 Å². The molecule has 0 saturated carbocycles. The predicted octanol–water partition coefficient (Wildman–Crippen LogP) is 2.22. The molecule has 0 aliphatic rings. The lowest BCUT2D eigenvalue weighted by Gasteiger charge is -2.07. The maximum absolute atomic E-state index is 11.6. The number of amides is 1. The van der Waals surface area contributed by atoms with Crippen LogP contribution in [-0.4, -0.2) is 22.9 Å². The predicted molar refractivity (Wildman–Crippen MR) is 63.6 cm³/mol. The van der Waals surface area contributed by atoms with Gasteiger partial charge in [-0.1, -0.05) is 15.9 Å². The summed E-state index contributed by atoms with van der Waals surface area (Å²) in [6.45, 7) is 2.46. The molecule has 3 nitrogen and oxygen atoms in total. The Kier molecular flexibility index (Phi) is 4.62. The number of hydrogen-bond acceptors (Lipinski definition) is 2. The normalized spacial score (nSPS) is 10.0. The van der Waals surface area contributed by atoms with Gasteiger partial charge in [0.15, 0.2) is 0 Å². The van der Waals surface area contributed by atoms with Gasteiger partial charge in [-0.3, -0.25) is 4.79 Å². The molecule has 1 amide bonds. The Bertz CT molecular complexity index is 352. The molecule has 1 rings (SSSR count). The van der Waals surface area contributed by atoms with Crippen molar-refractivity contribution in [2.45, 2.75) is 13.3 Å². The molecule has 0 fully saturated rings. The van der Waals surface area contributed by atoms with Crippen LogP contribution in [0.2, 0.25) is 0 Å². The molecule has 0 radical (unpaired) electrons. The summed E-state index contributed by atoms with van der Waals surface area (Å²) in [5.41, 5.74) is 1.40. The fraction of sp³-hybridized carbons (Fsp3) is 0.364. The van der Waals surface area contributed by atoms with E-state index in [1.807, 2.05) is 0 Å². The zero-order valence-electron chi connectivity index (χ0n) is 8.59. The first kappa shape index (κ1) is 12.0. The lowest BCUT2D eigenvalue weighted by atomic mass is 10.1. The average molecular weight is 272 g/mol. The van der Waals surface area contributed by atoms with E-state index in [0.29, 0.717) is 12.1 Å². The Morgan fingerprint density at radius 2 is 2.27 bits per heavy atom. The van der Waals surface area contributed by atoms with Crippen LogP contribution >= 0.6 is 15.9 Å². The second-order valence-electron chi connectivity index (χ2n) is 3.30. The Hall–Kier alpha value is -1.03. The molecule has 0 aliphatic carbocycles. The molecule has 15 heavy (non-hydrogen) atoms. The molecule has 0 bridgehead atoms. The summed E-state index contributed by atoms with van der Waals surface area (Å²) in [6, 6.07) is 4.74. The van der Waals surface area contributed by atoms with Gasteiger partial charge in [0.05, 0.1) is 0 Å². The van der Waals surface area contributed by atoms with Crippen molar-refractivity contribution in [1.82, 2.24) is 5.32 Å². The zero-order valence-corrected chi connectivity index (χ0v) is 10.2. The summed E-state index contributed by atoms with van der Waals surface area (Å²) in [5, 5.41) is 12.9. The number of carbonyl (C=O) groups excluding carboxylic acids is 1. The van der Waals surface area contributed by atoms with Crippen molar-refractivity contribution in [2.24, 2.45) is 0 Å². The number of hydrogen-bond donors (Lipinski definition) is 2. The van der Waals surface area contributed by atoms with E-state index in [9.17, 15) is 9.90 Å². The number of phenolic OH excluding ortho intramolecular Hbond substituents is 1. The minimum atomic E-state index is -0.0894. The third-order valence-electron chi connectivity index (χ3n) is 2.05. The van der Waals surface area contributed by atoms with Crippen LogP contribution in [0, 0.1) is 6.92 Å². The molecule has 4 heteroatoms. The smallest absolute Gasteiger partial charge is 0.251 e. The molecule has 0 aromatic heterocycles. The van der Waals surface area contributed by atoms with Crippen molar-refractivity contribution in [2.75, 3.05) is 11.9 Å². The zero-order chi connectivity index (χ0) is 11.3. The standard InChI is InChI=1S/C11H14BrNO2/c1-8-7-9(14)3-4-10(8)11(15)13-6-2-5-12/h3-4,7,14H,2,5-6H2,1H3,(H,13,15). The fourth-order valence-electron chi connectivity index (χ4n) is 1.27. The largest absolute Gasteiger partial charge is 0.508 e. The molecule has 0 heterocycles. The van der Waals surface area contributed by atoms with Crippen LogP contribution in [0.25, 0.3) is 0 Å². The van der Waals surface area contributed by atoms with Crippen LogP contribution in [-0.2, 0) is 0 Å². The van der Waals surface area contributed by atoms with Gasteiger partial charge >= 0.3 is 0 Å². The van der Waals surface area contributed by atoms with E-state index in [-0.39, 0.29) is 11.7 Å². The Balaban J connectivity index is 2.65. The molecule has 0 unspecified atom stereocenters. The van der Waals surface area contributed by atoms with Gasteiger partial charge in [0.2, 0.25) is 0 Å². The number of aryl methyl sites for hydroxylation is 1. The van der Waals surface area contributed by atoms with Crippen LogP contribution in [0.1, 0.15) is 22.3 Å². The molecule has 1 aromatic carbocycles. The second-order valence-corrected chi connectivity index (χ2v) is 4.09. The van der Waals surface area contributed by atoms with Crippen LogP contribution in [0.3, 0.4) is 0 Å². The van der Waals surface area contributed by atoms with Gasteiger partial charge in [-0.2, -0.15) is 0 Å². The van der Waals surface area contributed by atoms with Crippen LogP contribution < -0.4 is 5.32 Å². The Morgan fingerprint density at radius 1 is 1.53 bits per heavy atom. The summed E-state index contributed by atoms with van der Waals surface area (Å²) in [6.07, 6.45) is 0.906. The highest BCUT2D eigenvalue weighted by molar-refractivity contribution is 9.09. The lowest BCUT2D eigenvalue weighted by molar-refractivity contribution is 0.0953. The first-order valence-electron chi connectivity index (χ1n) is 4.79. The number of rotatable bonds is 4. The summed E-state index contributed by atoms with van der Waals surface area (Å²) in [5.74, 6) is 0.0953. The van der Waals surface area contributed by atoms with Gasteiger partial charge in [-0.05, 0) is 37.1 Å². The number of benzene rings is 1. The fourth-order valence-corrected chi connectivity index (χ4v) is 1.55. The van der Waals surface area contributed by atoms with Gasteiger partial charge in [0.1, 0.15) is 5.75 Å². The van der Waals surface area contributed by atoms with Gasteiger partial charge in [-0.25, -0.2) is 0 Å². The lowest BCUT2D eigenvalue weighted by Crippen LogP contribution is -2.25. The summed E-state index contributed by atoms with van der Waals surface area (Å²) in [7, 11) is 0. The van der Waals surface area contributed by atoms with Crippen molar-refractivity contribution in [1.29, 1.82) is 0 Å².